The summed E-state index contributed by atoms with van der Waals surface area (Å²) >= 11 is 7.08. The molecule has 2 amide bonds. The first-order valence-electron chi connectivity index (χ1n) is 11.6. The minimum atomic E-state index is -1.43. The number of carbonyl (C=O) groups excluding carboxylic acids is 2. The molecule has 2 aromatic carbocycles. The highest BCUT2D eigenvalue weighted by Crippen LogP contribution is 2.66. The van der Waals surface area contributed by atoms with Crippen LogP contribution < -0.4 is 4.90 Å². The number of amides is 2. The molecular formula is C27H23FN4O2S2. The largest absolute Gasteiger partial charge is 0.313 e. The molecule has 6 nitrogen and oxygen atoms in total. The van der Waals surface area contributed by atoms with E-state index in [0.717, 1.165) is 11.1 Å². The molecule has 36 heavy (non-hydrogen) atoms. The van der Waals surface area contributed by atoms with E-state index in [4.69, 9.17) is 12.2 Å². The molecule has 3 aliphatic heterocycles. The van der Waals surface area contributed by atoms with Crippen molar-refractivity contribution in [1.29, 1.82) is 0 Å². The lowest BCUT2D eigenvalue weighted by Crippen LogP contribution is -2.62. The average molecular weight is 519 g/mol. The first-order chi connectivity index (χ1) is 17.3. The number of likely N-dealkylation sites (N-methyl/N-ethyl adjacent to an activating group) is 2. The molecule has 2 saturated heterocycles. The van der Waals surface area contributed by atoms with Crippen LogP contribution in [-0.4, -0.2) is 56.3 Å². The number of anilines is 1. The van der Waals surface area contributed by atoms with E-state index in [0.29, 0.717) is 28.7 Å². The summed E-state index contributed by atoms with van der Waals surface area (Å²) in [5.74, 6) is -1.32. The van der Waals surface area contributed by atoms with Gasteiger partial charge in [0, 0.05) is 43.2 Å². The lowest BCUT2D eigenvalue weighted by molar-refractivity contribution is -0.139. The van der Waals surface area contributed by atoms with Gasteiger partial charge in [-0.25, -0.2) is 4.39 Å². The minimum Gasteiger partial charge on any atom is -0.313 e. The van der Waals surface area contributed by atoms with E-state index >= 15 is 0 Å². The molecule has 0 saturated carbocycles. The van der Waals surface area contributed by atoms with Gasteiger partial charge in [0.1, 0.15) is 14.9 Å². The van der Waals surface area contributed by atoms with Crippen LogP contribution in [-0.2, 0) is 21.7 Å². The van der Waals surface area contributed by atoms with E-state index in [1.54, 1.807) is 35.3 Å². The molecule has 1 aromatic heterocycles. The number of benzene rings is 2. The molecule has 182 valence electrons. The van der Waals surface area contributed by atoms with Crippen LogP contribution in [0.4, 0.5) is 10.1 Å². The molecule has 0 aliphatic carbocycles. The Balaban J connectivity index is 1.60. The van der Waals surface area contributed by atoms with Crippen LogP contribution in [0.1, 0.15) is 22.6 Å². The Kier molecular flexibility index (Phi) is 5.30. The SMILES string of the molecule is CN1C(=O)[C@]2(c3cc(F)ccc31)N(C)C[C@@H](c1ccncc1)[C@@]21SC(=S)N(Cc2ccccc2)C1=O. The zero-order chi connectivity index (χ0) is 25.2. The maximum atomic E-state index is 14.7. The Morgan fingerprint density at radius 3 is 2.50 bits per heavy atom. The fourth-order valence-corrected chi connectivity index (χ4v) is 8.29. The van der Waals surface area contributed by atoms with Gasteiger partial charge in [0.2, 0.25) is 5.91 Å². The van der Waals surface area contributed by atoms with Crippen molar-refractivity contribution in [3.63, 3.8) is 0 Å². The zero-order valence-electron chi connectivity index (χ0n) is 19.7. The van der Waals surface area contributed by atoms with E-state index in [1.165, 1.54) is 23.9 Å². The summed E-state index contributed by atoms with van der Waals surface area (Å²) in [6, 6.07) is 17.8. The molecule has 9 heteroatoms. The number of fused-ring (bicyclic) bond motifs is 3. The Hall–Kier alpha value is -3.14. The van der Waals surface area contributed by atoms with Crippen molar-refractivity contribution >= 4 is 45.8 Å². The van der Waals surface area contributed by atoms with Gasteiger partial charge in [-0.3, -0.25) is 24.4 Å². The lowest BCUT2D eigenvalue weighted by atomic mass is 9.72. The van der Waals surface area contributed by atoms with E-state index in [2.05, 4.69) is 4.98 Å². The van der Waals surface area contributed by atoms with Crippen molar-refractivity contribution in [2.45, 2.75) is 22.7 Å². The van der Waals surface area contributed by atoms with Crippen LogP contribution >= 0.6 is 24.0 Å². The normalized spacial score (nSPS) is 27.6. The van der Waals surface area contributed by atoms with E-state index < -0.39 is 16.1 Å². The van der Waals surface area contributed by atoms with Crippen molar-refractivity contribution < 1.29 is 14.0 Å². The summed E-state index contributed by atoms with van der Waals surface area (Å²) in [4.78, 5) is 38.2. The Labute approximate surface area is 218 Å². The predicted octanol–water partition coefficient (Wildman–Crippen LogP) is 3.92. The molecule has 2 fully saturated rings. The predicted molar refractivity (Wildman–Crippen MR) is 141 cm³/mol. The second-order valence-electron chi connectivity index (χ2n) is 9.43. The van der Waals surface area contributed by atoms with Crippen LogP contribution in [0, 0.1) is 5.82 Å². The van der Waals surface area contributed by atoms with E-state index in [9.17, 15) is 14.0 Å². The molecule has 0 bridgehead atoms. The molecule has 3 aliphatic rings. The third-order valence-electron chi connectivity index (χ3n) is 7.70. The van der Waals surface area contributed by atoms with Crippen molar-refractivity contribution in [3.8, 4) is 0 Å². The van der Waals surface area contributed by atoms with Gasteiger partial charge in [-0.1, -0.05) is 54.3 Å². The molecule has 2 spiro atoms. The number of carbonyl (C=O) groups is 2. The second-order valence-corrected chi connectivity index (χ2v) is 11.3. The molecule has 0 radical (unpaired) electrons. The third kappa shape index (κ3) is 2.87. The highest BCUT2D eigenvalue weighted by molar-refractivity contribution is 8.25. The van der Waals surface area contributed by atoms with Gasteiger partial charge in [0.05, 0.1) is 6.54 Å². The zero-order valence-corrected chi connectivity index (χ0v) is 21.4. The summed E-state index contributed by atoms with van der Waals surface area (Å²) in [6.07, 6.45) is 3.38. The fraction of sp³-hybridized carbons (Fsp3) is 0.259. The van der Waals surface area contributed by atoms with Crippen LogP contribution in [0.25, 0.3) is 0 Å². The summed E-state index contributed by atoms with van der Waals surface area (Å²) in [5, 5.41) is 0. The molecule has 3 atom stereocenters. The topological polar surface area (TPSA) is 56.8 Å². The number of hydrogen-bond acceptors (Lipinski definition) is 6. The number of pyridine rings is 1. The first-order valence-corrected chi connectivity index (χ1v) is 12.8. The third-order valence-corrected chi connectivity index (χ3v) is 9.65. The van der Waals surface area contributed by atoms with Crippen LogP contribution in [0.3, 0.4) is 0 Å². The summed E-state index contributed by atoms with van der Waals surface area (Å²) in [6.45, 7) is 0.718. The standard InChI is InChI=1S/C27H23FN4O2S2/c1-30-16-21(18-10-12-29-13-11-18)27(24(34)32(25(35)36-27)15-17-6-4-3-5-7-17)26(30)20-14-19(28)8-9-22(20)31(2)23(26)33/h3-14,21H,15-16H2,1-2H3/t21-,26-,27-/m0/s1. The summed E-state index contributed by atoms with van der Waals surface area (Å²) in [7, 11) is 3.52. The number of nitrogens with zero attached hydrogens (tertiary/aromatic N) is 4. The van der Waals surface area contributed by atoms with Crippen LogP contribution in [0.5, 0.6) is 0 Å². The maximum Gasteiger partial charge on any atom is 0.254 e. The van der Waals surface area contributed by atoms with Crippen molar-refractivity contribution in [2.24, 2.45) is 0 Å². The highest BCUT2D eigenvalue weighted by atomic mass is 32.2. The van der Waals surface area contributed by atoms with Crippen molar-refractivity contribution in [1.82, 2.24) is 14.8 Å². The molecule has 0 unspecified atom stereocenters. The van der Waals surface area contributed by atoms with Crippen molar-refractivity contribution in [2.75, 3.05) is 25.5 Å². The van der Waals surface area contributed by atoms with Gasteiger partial charge in [-0.05, 0) is 48.5 Å². The molecule has 3 aromatic rings. The average Bonchev–Trinajstić information content (AvgIpc) is 3.38. The number of thiocarbonyl (C=S) groups is 1. The maximum absolute atomic E-state index is 14.7. The first kappa shape index (κ1) is 23.3. The number of likely N-dealkylation sites (tertiary alicyclic amines) is 1. The molecular weight excluding hydrogens is 495 g/mol. The smallest absolute Gasteiger partial charge is 0.254 e. The number of rotatable bonds is 3. The van der Waals surface area contributed by atoms with E-state index in [1.807, 2.05) is 54.4 Å². The molecule has 6 rings (SSSR count). The number of aromatic nitrogens is 1. The minimum absolute atomic E-state index is 0.230. The van der Waals surface area contributed by atoms with Crippen molar-refractivity contribution in [3.05, 3.63) is 95.6 Å². The Morgan fingerprint density at radius 1 is 1.06 bits per heavy atom. The molecule has 4 heterocycles. The van der Waals surface area contributed by atoms with Gasteiger partial charge in [0.25, 0.3) is 5.91 Å². The monoisotopic (exact) mass is 518 g/mol. The van der Waals surface area contributed by atoms with Gasteiger partial charge < -0.3 is 4.90 Å². The van der Waals surface area contributed by atoms with Crippen LogP contribution in [0.2, 0.25) is 0 Å². The van der Waals surface area contributed by atoms with Crippen LogP contribution in [0.15, 0.2) is 73.1 Å². The molecule has 0 N–H and O–H groups in total. The second kappa shape index (κ2) is 8.19. The number of thioether (sulfide) groups is 1. The fourth-order valence-electron chi connectivity index (χ4n) is 6.17. The number of halogens is 1. The van der Waals surface area contributed by atoms with Gasteiger partial charge in [0.15, 0.2) is 5.54 Å². The summed E-state index contributed by atoms with van der Waals surface area (Å²) < 4.78 is 13.8. The Morgan fingerprint density at radius 2 is 1.78 bits per heavy atom. The summed E-state index contributed by atoms with van der Waals surface area (Å²) in [5.41, 5.74) is 1.50. The lowest BCUT2D eigenvalue weighted by Gasteiger charge is -2.42. The quantitative estimate of drug-likeness (QED) is 0.490. The van der Waals surface area contributed by atoms with Gasteiger partial charge in [-0.15, -0.1) is 0 Å². The Bertz CT molecular complexity index is 1410. The van der Waals surface area contributed by atoms with E-state index in [-0.39, 0.29) is 17.7 Å². The number of hydrogen-bond donors (Lipinski definition) is 0. The van der Waals surface area contributed by atoms with Gasteiger partial charge >= 0.3 is 0 Å². The van der Waals surface area contributed by atoms with Gasteiger partial charge in [-0.2, -0.15) is 0 Å². The highest BCUT2D eigenvalue weighted by Gasteiger charge is 2.78.